The molecule has 2 N–H and O–H groups in total. The number of benzene rings is 1. The second-order valence-electron chi connectivity index (χ2n) is 8.16. The number of quaternary nitrogens is 1. The van der Waals surface area contributed by atoms with Crippen LogP contribution in [0, 0.1) is 0 Å². The van der Waals surface area contributed by atoms with Gasteiger partial charge in [-0.15, -0.1) is 0 Å². The number of hydrogen-bond donors (Lipinski definition) is 2. The lowest BCUT2D eigenvalue weighted by Crippen LogP contribution is -3.13. The van der Waals surface area contributed by atoms with Crippen LogP contribution in [0.4, 0.5) is 5.95 Å². The molecule has 3 heterocycles. The number of nitrogens with zero attached hydrogens (tertiary/aromatic N) is 4. The third-order valence-corrected chi connectivity index (χ3v) is 6.02. The summed E-state index contributed by atoms with van der Waals surface area (Å²) in [7, 11) is 1.66. The minimum atomic E-state index is -0.422. The number of fused-ring (bicyclic) bond motifs is 1. The third-order valence-electron chi connectivity index (χ3n) is 6.02. The topological polar surface area (TPSA) is 80.4 Å². The second-order valence-corrected chi connectivity index (χ2v) is 8.16. The van der Waals surface area contributed by atoms with Gasteiger partial charge in [-0.25, -0.2) is 4.79 Å². The first-order valence-corrected chi connectivity index (χ1v) is 10.9. The highest BCUT2D eigenvalue weighted by Crippen LogP contribution is 2.20. The number of piperazine rings is 1. The Labute approximate surface area is 175 Å². The molecule has 4 rings (SSSR count). The van der Waals surface area contributed by atoms with Crippen molar-refractivity contribution in [3.05, 3.63) is 56.7 Å². The van der Waals surface area contributed by atoms with Gasteiger partial charge in [-0.3, -0.25) is 14.3 Å². The summed E-state index contributed by atoms with van der Waals surface area (Å²) in [5.41, 5.74) is 1.55. The van der Waals surface area contributed by atoms with E-state index in [1.165, 1.54) is 10.1 Å². The van der Waals surface area contributed by atoms with Crippen LogP contribution < -0.4 is 21.0 Å². The standard InChI is InChI=1S/C22H30N6O2/c1-3-4-8-11-28-18-19(25(2)22(30)24-20(18)29)23-21(28)27-14-12-26(13-15-27)16-17-9-6-5-7-10-17/h5-7,9-10H,3-4,8,11-16H2,1-2H3,(H,24,29,30)/p+1. The van der Waals surface area contributed by atoms with Gasteiger partial charge in [-0.1, -0.05) is 50.1 Å². The normalized spacial score (nSPS) is 15.2. The highest BCUT2D eigenvalue weighted by Gasteiger charge is 2.26. The van der Waals surface area contributed by atoms with Gasteiger partial charge < -0.3 is 14.4 Å². The first-order valence-electron chi connectivity index (χ1n) is 10.9. The lowest BCUT2D eigenvalue weighted by Gasteiger charge is -2.33. The predicted molar refractivity (Wildman–Crippen MR) is 118 cm³/mol. The number of H-pyrrole nitrogens is 1. The van der Waals surface area contributed by atoms with E-state index < -0.39 is 5.69 Å². The summed E-state index contributed by atoms with van der Waals surface area (Å²) in [6.45, 7) is 7.72. The molecular formula is C22H31N6O2+. The van der Waals surface area contributed by atoms with E-state index in [2.05, 4.69) is 47.1 Å². The Morgan fingerprint density at radius 2 is 1.83 bits per heavy atom. The van der Waals surface area contributed by atoms with Gasteiger partial charge in [0.2, 0.25) is 5.95 Å². The molecule has 0 aliphatic carbocycles. The molecule has 0 amide bonds. The molecule has 1 aliphatic rings. The Kier molecular flexibility index (Phi) is 6.03. The summed E-state index contributed by atoms with van der Waals surface area (Å²) in [5.74, 6) is 0.812. The molecule has 8 heteroatoms. The van der Waals surface area contributed by atoms with E-state index in [0.29, 0.717) is 11.2 Å². The van der Waals surface area contributed by atoms with Crippen molar-refractivity contribution >= 4 is 17.1 Å². The zero-order valence-corrected chi connectivity index (χ0v) is 17.9. The largest absolute Gasteiger partial charge is 0.331 e. The molecule has 3 aromatic rings. The van der Waals surface area contributed by atoms with E-state index >= 15 is 0 Å². The molecule has 0 atom stereocenters. The van der Waals surface area contributed by atoms with Gasteiger partial charge in [-0.2, -0.15) is 4.98 Å². The van der Waals surface area contributed by atoms with Crippen molar-refractivity contribution in [3.63, 3.8) is 0 Å². The molecule has 1 saturated heterocycles. The highest BCUT2D eigenvalue weighted by atomic mass is 16.2. The van der Waals surface area contributed by atoms with Crippen LogP contribution in [0.3, 0.4) is 0 Å². The predicted octanol–water partition coefficient (Wildman–Crippen LogP) is 0.519. The quantitative estimate of drug-likeness (QED) is 0.556. The molecular weight excluding hydrogens is 380 g/mol. The fourth-order valence-corrected chi connectivity index (χ4v) is 4.28. The van der Waals surface area contributed by atoms with E-state index in [1.807, 2.05) is 4.57 Å². The van der Waals surface area contributed by atoms with Crippen LogP contribution >= 0.6 is 0 Å². The molecule has 1 fully saturated rings. The number of unbranched alkanes of at least 4 members (excludes halogenated alkanes) is 2. The van der Waals surface area contributed by atoms with Crippen LogP contribution in [0.1, 0.15) is 31.7 Å². The van der Waals surface area contributed by atoms with Gasteiger partial charge in [0.15, 0.2) is 11.2 Å². The molecule has 160 valence electrons. The average Bonchev–Trinajstić information content (AvgIpc) is 3.14. The number of nitrogens with one attached hydrogen (secondary N) is 2. The van der Waals surface area contributed by atoms with Crippen molar-refractivity contribution in [2.24, 2.45) is 7.05 Å². The van der Waals surface area contributed by atoms with Gasteiger partial charge in [0.05, 0.1) is 26.2 Å². The molecule has 8 nitrogen and oxygen atoms in total. The first kappa shape index (κ1) is 20.4. The Hall–Kier alpha value is -2.87. The van der Waals surface area contributed by atoms with Crippen LogP contribution in [-0.4, -0.2) is 45.3 Å². The fourth-order valence-electron chi connectivity index (χ4n) is 4.28. The third kappa shape index (κ3) is 4.05. The summed E-state index contributed by atoms with van der Waals surface area (Å²) in [6.07, 6.45) is 3.19. The summed E-state index contributed by atoms with van der Waals surface area (Å²) in [4.78, 5) is 35.7. The Morgan fingerprint density at radius 3 is 2.53 bits per heavy atom. The van der Waals surface area contributed by atoms with Crippen LogP contribution in [0.15, 0.2) is 39.9 Å². The van der Waals surface area contributed by atoms with Gasteiger partial charge in [0, 0.05) is 19.2 Å². The molecule has 0 saturated carbocycles. The zero-order valence-electron chi connectivity index (χ0n) is 17.9. The molecule has 0 bridgehead atoms. The first-order chi connectivity index (χ1) is 14.6. The molecule has 30 heavy (non-hydrogen) atoms. The van der Waals surface area contributed by atoms with E-state index in [0.717, 1.165) is 64.5 Å². The monoisotopic (exact) mass is 411 g/mol. The number of imidazole rings is 1. The van der Waals surface area contributed by atoms with Gasteiger partial charge in [0.1, 0.15) is 6.54 Å². The van der Waals surface area contributed by atoms with Crippen LogP contribution in [0.25, 0.3) is 11.2 Å². The fraction of sp³-hybridized carbons (Fsp3) is 0.500. The molecule has 0 unspecified atom stereocenters. The molecule has 0 spiro atoms. The van der Waals surface area contributed by atoms with Crippen molar-refractivity contribution in [2.45, 2.75) is 39.3 Å². The maximum Gasteiger partial charge on any atom is 0.329 e. The minimum absolute atomic E-state index is 0.350. The Balaban J connectivity index is 1.59. The number of aromatic nitrogens is 4. The van der Waals surface area contributed by atoms with E-state index in [-0.39, 0.29) is 5.56 Å². The Bertz CT molecular complexity index is 1110. The summed E-state index contributed by atoms with van der Waals surface area (Å²) < 4.78 is 3.46. The number of rotatable bonds is 7. The van der Waals surface area contributed by atoms with Crippen molar-refractivity contribution < 1.29 is 4.90 Å². The minimum Gasteiger partial charge on any atom is -0.331 e. The van der Waals surface area contributed by atoms with Crippen molar-refractivity contribution in [1.29, 1.82) is 0 Å². The summed E-state index contributed by atoms with van der Waals surface area (Å²) in [6, 6.07) is 10.6. The number of aromatic amines is 1. The highest BCUT2D eigenvalue weighted by molar-refractivity contribution is 5.74. The van der Waals surface area contributed by atoms with E-state index in [1.54, 1.807) is 11.9 Å². The number of hydrogen-bond acceptors (Lipinski definition) is 4. The van der Waals surface area contributed by atoms with E-state index in [9.17, 15) is 9.59 Å². The van der Waals surface area contributed by atoms with Crippen molar-refractivity contribution in [1.82, 2.24) is 19.1 Å². The smallest absolute Gasteiger partial charge is 0.329 e. The zero-order chi connectivity index (χ0) is 21.1. The van der Waals surface area contributed by atoms with Gasteiger partial charge in [0.25, 0.3) is 5.56 Å². The SMILES string of the molecule is CCCCCn1c(N2CC[NH+](Cc3ccccc3)CC2)nc2c1c(=O)[nH]c(=O)n2C. The molecule has 1 aromatic carbocycles. The number of aryl methyl sites for hydroxylation is 2. The van der Waals surface area contributed by atoms with Gasteiger partial charge >= 0.3 is 5.69 Å². The van der Waals surface area contributed by atoms with Crippen LogP contribution in [0.5, 0.6) is 0 Å². The molecule has 1 aliphatic heterocycles. The van der Waals surface area contributed by atoms with Crippen molar-refractivity contribution in [3.8, 4) is 0 Å². The summed E-state index contributed by atoms with van der Waals surface area (Å²) in [5, 5.41) is 0. The lowest BCUT2D eigenvalue weighted by molar-refractivity contribution is -0.914. The second kappa shape index (κ2) is 8.87. The lowest BCUT2D eigenvalue weighted by atomic mass is 10.2. The molecule has 0 radical (unpaired) electrons. The number of anilines is 1. The maximum absolute atomic E-state index is 12.6. The van der Waals surface area contributed by atoms with Crippen LogP contribution in [-0.2, 0) is 20.1 Å². The average molecular weight is 412 g/mol. The summed E-state index contributed by atoms with van der Waals surface area (Å²) >= 11 is 0. The van der Waals surface area contributed by atoms with Crippen molar-refractivity contribution in [2.75, 3.05) is 31.1 Å². The van der Waals surface area contributed by atoms with Gasteiger partial charge in [-0.05, 0) is 6.42 Å². The Morgan fingerprint density at radius 1 is 1.10 bits per heavy atom. The van der Waals surface area contributed by atoms with Crippen LogP contribution in [0.2, 0.25) is 0 Å². The van der Waals surface area contributed by atoms with E-state index in [4.69, 9.17) is 4.98 Å². The maximum atomic E-state index is 12.6. The molecule has 2 aromatic heterocycles.